The molecule has 0 N–H and O–H groups in total. The van der Waals surface area contributed by atoms with E-state index in [1.165, 1.54) is 0 Å². The summed E-state index contributed by atoms with van der Waals surface area (Å²) < 4.78 is 28.3. The zero-order chi connectivity index (χ0) is 8.43. The fourth-order valence-corrected chi connectivity index (χ4v) is 1.01. The van der Waals surface area contributed by atoms with Crippen LogP contribution in [0, 0.1) is 11.8 Å². The van der Waals surface area contributed by atoms with Gasteiger partial charge in [0, 0.05) is 5.92 Å². The Kier molecular flexibility index (Phi) is 2.42. The van der Waals surface area contributed by atoms with Gasteiger partial charge in [0.1, 0.15) is 0 Å². The lowest BCUT2D eigenvalue weighted by Gasteiger charge is -1.99. The van der Waals surface area contributed by atoms with Gasteiger partial charge in [-0.1, -0.05) is 0 Å². The second kappa shape index (κ2) is 3.15. The van der Waals surface area contributed by atoms with Gasteiger partial charge in [0.05, 0.1) is 12.5 Å². The van der Waals surface area contributed by atoms with Gasteiger partial charge in [-0.25, -0.2) is 8.78 Å². The van der Waals surface area contributed by atoms with E-state index in [1.807, 2.05) is 0 Å². The Morgan fingerprint density at radius 1 is 1.73 bits per heavy atom. The number of alkyl halides is 2. The molecule has 2 atom stereocenters. The van der Waals surface area contributed by atoms with Gasteiger partial charge in [0.2, 0.25) is 6.43 Å². The second-order valence-electron chi connectivity index (χ2n) is 2.59. The highest BCUT2D eigenvalue weighted by Crippen LogP contribution is 2.43. The summed E-state index contributed by atoms with van der Waals surface area (Å²) in [4.78, 5) is 10.8. The highest BCUT2D eigenvalue weighted by atomic mass is 19.3. The minimum atomic E-state index is -2.37. The normalized spacial score (nSPS) is 28.7. The Labute approximate surface area is 63.5 Å². The summed E-state index contributed by atoms with van der Waals surface area (Å²) in [6.45, 7) is 1.93. The third-order valence-electron chi connectivity index (χ3n) is 1.75. The summed E-state index contributed by atoms with van der Waals surface area (Å²) in [6.07, 6.45) is -2.08. The SMILES string of the molecule is CCOC(=O)[C@@H]1C[C@H]1C(F)F. The molecule has 64 valence electrons. The van der Waals surface area contributed by atoms with Crippen molar-refractivity contribution in [2.45, 2.75) is 19.8 Å². The summed E-state index contributed by atoms with van der Waals surface area (Å²) in [5, 5.41) is 0. The molecule has 0 aromatic heterocycles. The van der Waals surface area contributed by atoms with Crippen LogP contribution in [-0.4, -0.2) is 19.0 Å². The minimum absolute atomic E-state index is 0.269. The van der Waals surface area contributed by atoms with Gasteiger partial charge in [-0.3, -0.25) is 4.79 Å². The fraction of sp³-hybridized carbons (Fsp3) is 0.857. The third-order valence-corrected chi connectivity index (χ3v) is 1.75. The van der Waals surface area contributed by atoms with Crippen LogP contribution in [0.5, 0.6) is 0 Å². The number of carbonyl (C=O) groups excluding carboxylic acids is 1. The molecule has 0 radical (unpaired) electrons. The summed E-state index contributed by atoms with van der Waals surface area (Å²) >= 11 is 0. The summed E-state index contributed by atoms with van der Waals surface area (Å²) in [6, 6.07) is 0. The van der Waals surface area contributed by atoms with Crippen molar-refractivity contribution >= 4 is 5.97 Å². The standard InChI is InChI=1S/C7H10F2O2/c1-2-11-7(10)5-3-4(5)6(8)9/h4-6H,2-3H2,1H3/t4-,5-/m1/s1. The number of hydrogen-bond donors (Lipinski definition) is 0. The Balaban J connectivity index is 2.26. The molecule has 0 bridgehead atoms. The molecule has 0 saturated heterocycles. The maximum atomic E-state index is 11.9. The molecule has 0 aliphatic heterocycles. The van der Waals surface area contributed by atoms with Crippen LogP contribution in [0.25, 0.3) is 0 Å². The zero-order valence-electron chi connectivity index (χ0n) is 6.22. The maximum Gasteiger partial charge on any atom is 0.309 e. The van der Waals surface area contributed by atoms with E-state index in [4.69, 9.17) is 0 Å². The quantitative estimate of drug-likeness (QED) is 0.590. The fourth-order valence-electron chi connectivity index (χ4n) is 1.01. The monoisotopic (exact) mass is 164 g/mol. The summed E-state index contributed by atoms with van der Waals surface area (Å²) in [5.41, 5.74) is 0. The van der Waals surface area contributed by atoms with Gasteiger partial charge in [0.25, 0.3) is 0 Å². The van der Waals surface area contributed by atoms with Crippen molar-refractivity contribution in [2.24, 2.45) is 11.8 Å². The molecule has 1 aliphatic rings. The van der Waals surface area contributed by atoms with Crippen LogP contribution in [-0.2, 0) is 9.53 Å². The molecule has 2 nitrogen and oxygen atoms in total. The first-order chi connectivity index (χ1) is 5.16. The van der Waals surface area contributed by atoms with Crippen molar-refractivity contribution in [2.75, 3.05) is 6.61 Å². The number of hydrogen-bond acceptors (Lipinski definition) is 2. The van der Waals surface area contributed by atoms with Crippen molar-refractivity contribution in [3.8, 4) is 0 Å². The smallest absolute Gasteiger partial charge is 0.309 e. The molecule has 0 spiro atoms. The molecule has 1 fully saturated rings. The highest BCUT2D eigenvalue weighted by Gasteiger charge is 2.49. The molecular weight excluding hydrogens is 154 g/mol. The van der Waals surface area contributed by atoms with Crippen molar-refractivity contribution in [3.63, 3.8) is 0 Å². The molecule has 4 heteroatoms. The maximum absolute atomic E-state index is 11.9. The summed E-state index contributed by atoms with van der Waals surface area (Å²) in [7, 11) is 0. The molecule has 1 aliphatic carbocycles. The molecule has 0 amide bonds. The lowest BCUT2D eigenvalue weighted by Crippen LogP contribution is -2.09. The van der Waals surface area contributed by atoms with Gasteiger partial charge < -0.3 is 4.74 Å². The molecule has 1 saturated carbocycles. The van der Waals surface area contributed by atoms with Crippen molar-refractivity contribution in [3.05, 3.63) is 0 Å². The van der Waals surface area contributed by atoms with E-state index in [1.54, 1.807) is 6.92 Å². The molecule has 11 heavy (non-hydrogen) atoms. The van der Waals surface area contributed by atoms with E-state index >= 15 is 0 Å². The topological polar surface area (TPSA) is 26.3 Å². The van der Waals surface area contributed by atoms with Gasteiger partial charge in [-0.15, -0.1) is 0 Å². The van der Waals surface area contributed by atoms with Crippen molar-refractivity contribution < 1.29 is 18.3 Å². The Hall–Kier alpha value is -0.670. The minimum Gasteiger partial charge on any atom is -0.466 e. The highest BCUT2D eigenvalue weighted by molar-refractivity contribution is 5.75. The largest absolute Gasteiger partial charge is 0.466 e. The first-order valence-corrected chi connectivity index (χ1v) is 3.61. The van der Waals surface area contributed by atoms with E-state index in [0.29, 0.717) is 0 Å². The van der Waals surface area contributed by atoms with Crippen LogP contribution in [0.4, 0.5) is 8.78 Å². The molecule has 0 heterocycles. The average molecular weight is 164 g/mol. The van der Waals surface area contributed by atoms with E-state index in [-0.39, 0.29) is 13.0 Å². The predicted molar refractivity (Wildman–Crippen MR) is 34.2 cm³/mol. The molecule has 0 aromatic rings. The Morgan fingerprint density at radius 3 is 2.73 bits per heavy atom. The number of carbonyl (C=O) groups is 1. The average Bonchev–Trinajstić information content (AvgIpc) is 2.65. The number of ether oxygens (including phenoxy) is 1. The number of esters is 1. The molecular formula is C7H10F2O2. The third kappa shape index (κ3) is 1.88. The first-order valence-electron chi connectivity index (χ1n) is 3.61. The van der Waals surface area contributed by atoms with Gasteiger partial charge in [-0.2, -0.15) is 0 Å². The van der Waals surface area contributed by atoms with E-state index < -0.39 is 24.2 Å². The predicted octanol–water partition coefficient (Wildman–Crippen LogP) is 1.45. The van der Waals surface area contributed by atoms with Crippen LogP contribution in [0.2, 0.25) is 0 Å². The Bertz CT molecular complexity index is 159. The first kappa shape index (κ1) is 8.43. The van der Waals surface area contributed by atoms with Crippen molar-refractivity contribution in [1.82, 2.24) is 0 Å². The lowest BCUT2D eigenvalue weighted by atomic mass is 10.3. The lowest BCUT2D eigenvalue weighted by molar-refractivity contribution is -0.145. The molecule has 0 unspecified atom stereocenters. The second-order valence-corrected chi connectivity index (χ2v) is 2.59. The van der Waals surface area contributed by atoms with E-state index in [9.17, 15) is 13.6 Å². The number of halogens is 2. The van der Waals surface area contributed by atoms with Gasteiger partial charge in [-0.05, 0) is 13.3 Å². The van der Waals surface area contributed by atoms with Gasteiger partial charge >= 0.3 is 5.97 Å². The van der Waals surface area contributed by atoms with Crippen molar-refractivity contribution in [1.29, 1.82) is 0 Å². The Morgan fingerprint density at radius 2 is 2.36 bits per heavy atom. The molecule has 0 aromatic carbocycles. The van der Waals surface area contributed by atoms with E-state index in [2.05, 4.69) is 4.74 Å². The zero-order valence-corrected chi connectivity index (χ0v) is 6.22. The van der Waals surface area contributed by atoms with Crippen LogP contribution >= 0.6 is 0 Å². The number of rotatable bonds is 3. The van der Waals surface area contributed by atoms with E-state index in [0.717, 1.165) is 0 Å². The molecule has 1 rings (SSSR count). The van der Waals surface area contributed by atoms with Crippen LogP contribution in [0.15, 0.2) is 0 Å². The van der Waals surface area contributed by atoms with Crippen LogP contribution < -0.4 is 0 Å². The summed E-state index contributed by atoms with van der Waals surface area (Å²) in [5.74, 6) is -1.75. The van der Waals surface area contributed by atoms with Gasteiger partial charge in [0.15, 0.2) is 0 Å². The van der Waals surface area contributed by atoms with Crippen LogP contribution in [0.3, 0.4) is 0 Å². The van der Waals surface area contributed by atoms with Crippen LogP contribution in [0.1, 0.15) is 13.3 Å².